The molecular weight excluding hydrogens is 336 g/mol. The molecule has 3 heterocycles. The zero-order valence-electron chi connectivity index (χ0n) is 15.7. The molecule has 0 saturated carbocycles. The van der Waals surface area contributed by atoms with Crippen LogP contribution in [0.1, 0.15) is 38.5 Å². The summed E-state index contributed by atoms with van der Waals surface area (Å²) in [4.78, 5) is 44.0. The summed E-state index contributed by atoms with van der Waals surface area (Å²) in [6.07, 6.45) is 5.12. The second kappa shape index (κ2) is 8.01. The molecule has 2 atom stereocenters. The molecule has 3 saturated heterocycles. The van der Waals surface area contributed by atoms with E-state index in [1.807, 2.05) is 0 Å². The first-order valence-corrected chi connectivity index (χ1v) is 9.59. The SMILES string of the molecule is CN1C(=O)N(C)C(NC(=O)N2CCCCC2)C1NC(=O)N1CCCCC1. The molecule has 0 aromatic heterocycles. The lowest BCUT2D eigenvalue weighted by atomic mass is 10.1. The highest BCUT2D eigenvalue weighted by molar-refractivity contribution is 5.82. The van der Waals surface area contributed by atoms with E-state index in [1.54, 1.807) is 23.9 Å². The molecule has 0 aromatic carbocycles. The van der Waals surface area contributed by atoms with Crippen LogP contribution in [0.15, 0.2) is 0 Å². The number of likely N-dealkylation sites (tertiary alicyclic amines) is 2. The Hall–Kier alpha value is -2.19. The monoisotopic (exact) mass is 366 g/mol. The van der Waals surface area contributed by atoms with Crippen molar-refractivity contribution in [1.82, 2.24) is 30.2 Å². The van der Waals surface area contributed by atoms with E-state index in [0.29, 0.717) is 0 Å². The molecule has 3 fully saturated rings. The maximum Gasteiger partial charge on any atom is 0.323 e. The van der Waals surface area contributed by atoms with E-state index in [-0.39, 0.29) is 18.1 Å². The molecule has 2 N–H and O–H groups in total. The number of hydrogen-bond donors (Lipinski definition) is 2. The fourth-order valence-corrected chi connectivity index (χ4v) is 3.89. The smallest absolute Gasteiger partial charge is 0.323 e. The molecule has 6 amide bonds. The minimum Gasteiger partial charge on any atom is -0.325 e. The normalized spacial score (nSPS) is 26.9. The van der Waals surface area contributed by atoms with E-state index in [1.165, 1.54) is 9.80 Å². The van der Waals surface area contributed by atoms with Crippen LogP contribution in [0.3, 0.4) is 0 Å². The molecule has 146 valence electrons. The first-order chi connectivity index (χ1) is 12.5. The molecule has 9 nitrogen and oxygen atoms in total. The van der Waals surface area contributed by atoms with Gasteiger partial charge in [0, 0.05) is 40.3 Å². The predicted molar refractivity (Wildman–Crippen MR) is 96.4 cm³/mol. The van der Waals surface area contributed by atoms with Crippen LogP contribution in [0.4, 0.5) is 14.4 Å². The average molecular weight is 366 g/mol. The summed E-state index contributed by atoms with van der Waals surface area (Å²) in [7, 11) is 3.29. The van der Waals surface area contributed by atoms with Gasteiger partial charge in [-0.05, 0) is 38.5 Å². The van der Waals surface area contributed by atoms with Gasteiger partial charge in [0.2, 0.25) is 0 Å². The number of carbonyl (C=O) groups is 3. The van der Waals surface area contributed by atoms with Crippen LogP contribution < -0.4 is 10.6 Å². The van der Waals surface area contributed by atoms with Crippen LogP contribution in [0, 0.1) is 0 Å². The van der Waals surface area contributed by atoms with Crippen LogP contribution >= 0.6 is 0 Å². The zero-order chi connectivity index (χ0) is 18.7. The maximum atomic E-state index is 12.6. The number of nitrogens with zero attached hydrogens (tertiary/aromatic N) is 4. The van der Waals surface area contributed by atoms with E-state index in [9.17, 15) is 14.4 Å². The lowest BCUT2D eigenvalue weighted by molar-refractivity contribution is 0.150. The second-order valence-corrected chi connectivity index (χ2v) is 7.39. The number of hydrogen-bond acceptors (Lipinski definition) is 3. The first kappa shape index (κ1) is 18.6. The molecule has 2 unspecified atom stereocenters. The molecule has 0 bridgehead atoms. The number of likely N-dealkylation sites (N-methyl/N-ethyl adjacent to an activating group) is 2. The van der Waals surface area contributed by atoms with Gasteiger partial charge in [-0.2, -0.15) is 0 Å². The van der Waals surface area contributed by atoms with Gasteiger partial charge in [0.05, 0.1) is 0 Å². The van der Waals surface area contributed by atoms with Gasteiger partial charge < -0.3 is 30.2 Å². The van der Waals surface area contributed by atoms with Crippen LogP contribution in [0.25, 0.3) is 0 Å². The van der Waals surface area contributed by atoms with Crippen molar-refractivity contribution in [3.8, 4) is 0 Å². The Morgan fingerprint density at radius 1 is 0.731 bits per heavy atom. The van der Waals surface area contributed by atoms with Crippen molar-refractivity contribution in [3.05, 3.63) is 0 Å². The van der Waals surface area contributed by atoms with Gasteiger partial charge in [-0.3, -0.25) is 0 Å². The van der Waals surface area contributed by atoms with Gasteiger partial charge >= 0.3 is 18.1 Å². The Morgan fingerprint density at radius 3 is 1.42 bits per heavy atom. The second-order valence-electron chi connectivity index (χ2n) is 7.39. The van der Waals surface area contributed by atoms with E-state index in [2.05, 4.69) is 10.6 Å². The number of amides is 6. The summed E-state index contributed by atoms with van der Waals surface area (Å²) in [6.45, 7) is 2.93. The lowest BCUT2D eigenvalue weighted by Crippen LogP contribution is -2.60. The molecular formula is C17H30N6O3. The van der Waals surface area contributed by atoms with Gasteiger partial charge in [0.15, 0.2) is 0 Å². The number of nitrogens with one attached hydrogen (secondary N) is 2. The minimum atomic E-state index is -0.587. The highest BCUT2D eigenvalue weighted by Crippen LogP contribution is 2.18. The van der Waals surface area contributed by atoms with Crippen LogP contribution in [0.5, 0.6) is 0 Å². The molecule has 3 aliphatic rings. The molecule has 0 aliphatic carbocycles. The highest BCUT2D eigenvalue weighted by atomic mass is 16.2. The highest BCUT2D eigenvalue weighted by Gasteiger charge is 2.44. The Balaban J connectivity index is 1.65. The van der Waals surface area contributed by atoms with E-state index < -0.39 is 12.3 Å². The van der Waals surface area contributed by atoms with E-state index in [0.717, 1.165) is 64.7 Å². The fourth-order valence-electron chi connectivity index (χ4n) is 3.89. The third kappa shape index (κ3) is 3.81. The molecule has 26 heavy (non-hydrogen) atoms. The third-order valence-corrected chi connectivity index (χ3v) is 5.57. The number of urea groups is 3. The lowest BCUT2D eigenvalue weighted by Gasteiger charge is -2.33. The Morgan fingerprint density at radius 2 is 1.08 bits per heavy atom. The summed E-state index contributed by atoms with van der Waals surface area (Å²) in [5.41, 5.74) is 0. The quantitative estimate of drug-likeness (QED) is 0.765. The van der Waals surface area contributed by atoms with Gasteiger partial charge in [0.1, 0.15) is 12.3 Å². The summed E-state index contributed by atoms with van der Waals surface area (Å²) in [5, 5.41) is 5.87. The van der Waals surface area contributed by atoms with Crippen LogP contribution in [0.2, 0.25) is 0 Å². The molecule has 9 heteroatoms. The minimum absolute atomic E-state index is 0.179. The number of piperidine rings is 2. The fraction of sp³-hybridized carbons (Fsp3) is 0.824. The summed E-state index contributed by atoms with van der Waals surface area (Å²) in [5.74, 6) is 0. The first-order valence-electron chi connectivity index (χ1n) is 9.59. The Labute approximate surface area is 154 Å². The summed E-state index contributed by atoms with van der Waals surface area (Å²) < 4.78 is 0. The van der Waals surface area contributed by atoms with Crippen molar-refractivity contribution in [3.63, 3.8) is 0 Å². The van der Waals surface area contributed by atoms with Gasteiger partial charge in [-0.15, -0.1) is 0 Å². The average Bonchev–Trinajstić information content (AvgIpc) is 2.87. The molecule has 3 aliphatic heterocycles. The Kier molecular flexibility index (Phi) is 5.73. The standard InChI is InChI=1S/C17H30N6O3/c1-20-13(18-15(24)22-9-5-3-6-10-22)14(21(2)17(20)26)19-16(25)23-11-7-4-8-12-23/h13-14H,3-12H2,1-2H3,(H,18,24)(H,19,25). The van der Waals surface area contributed by atoms with E-state index in [4.69, 9.17) is 0 Å². The topological polar surface area (TPSA) is 88.2 Å². The van der Waals surface area contributed by atoms with Crippen LogP contribution in [-0.4, -0.2) is 90.3 Å². The van der Waals surface area contributed by atoms with Gasteiger partial charge in [0.25, 0.3) is 0 Å². The molecule has 3 rings (SSSR count). The van der Waals surface area contributed by atoms with Crippen LogP contribution in [-0.2, 0) is 0 Å². The van der Waals surface area contributed by atoms with Crippen molar-refractivity contribution >= 4 is 18.1 Å². The maximum absolute atomic E-state index is 12.6. The van der Waals surface area contributed by atoms with Crippen molar-refractivity contribution in [2.24, 2.45) is 0 Å². The van der Waals surface area contributed by atoms with Gasteiger partial charge in [-0.25, -0.2) is 14.4 Å². The molecule has 0 radical (unpaired) electrons. The molecule has 0 spiro atoms. The number of carbonyl (C=O) groups excluding carboxylic acids is 3. The van der Waals surface area contributed by atoms with Crippen molar-refractivity contribution < 1.29 is 14.4 Å². The summed E-state index contributed by atoms with van der Waals surface area (Å²) in [6, 6.07) is -0.582. The van der Waals surface area contributed by atoms with Gasteiger partial charge in [-0.1, -0.05) is 0 Å². The Bertz CT molecular complexity index is 499. The van der Waals surface area contributed by atoms with E-state index >= 15 is 0 Å². The van der Waals surface area contributed by atoms with Crippen molar-refractivity contribution in [1.29, 1.82) is 0 Å². The molecule has 0 aromatic rings. The predicted octanol–water partition coefficient (Wildman–Crippen LogP) is 1.03. The zero-order valence-corrected chi connectivity index (χ0v) is 15.7. The third-order valence-electron chi connectivity index (χ3n) is 5.57. The van der Waals surface area contributed by atoms with Crippen molar-refractivity contribution in [2.75, 3.05) is 40.3 Å². The number of rotatable bonds is 2. The van der Waals surface area contributed by atoms with Crippen molar-refractivity contribution in [2.45, 2.75) is 50.9 Å². The largest absolute Gasteiger partial charge is 0.325 e. The summed E-state index contributed by atoms with van der Waals surface area (Å²) >= 11 is 0.